The third-order valence-corrected chi connectivity index (χ3v) is 5.79. The van der Waals surface area contributed by atoms with E-state index in [0.29, 0.717) is 0 Å². The van der Waals surface area contributed by atoms with Crippen LogP contribution < -0.4 is 0 Å². The normalized spacial score (nSPS) is 13.5. The highest BCUT2D eigenvalue weighted by Gasteiger charge is 2.23. The molecule has 0 aromatic rings. The average Bonchev–Trinajstić information content (AvgIpc) is 2.14. The van der Waals surface area contributed by atoms with Crippen LogP contribution in [0.5, 0.6) is 0 Å². The lowest BCUT2D eigenvalue weighted by Crippen LogP contribution is -2.27. The van der Waals surface area contributed by atoms with Gasteiger partial charge in [0.1, 0.15) is 0 Å². The standard InChI is InChI=1S/C14H28Si/c1-6-8-10-12-14(15(3,4)5)13-11-9-7-2/h8-11,14H,6-7,12-13H2,1-5H3/b10-8-,11-9-. The van der Waals surface area contributed by atoms with Crippen LogP contribution in [0.15, 0.2) is 24.3 Å². The van der Waals surface area contributed by atoms with Gasteiger partial charge in [0.2, 0.25) is 0 Å². The van der Waals surface area contributed by atoms with E-state index in [0.717, 1.165) is 5.54 Å². The molecule has 0 aromatic carbocycles. The molecular weight excluding hydrogens is 196 g/mol. The molecule has 0 aliphatic carbocycles. The lowest BCUT2D eigenvalue weighted by molar-refractivity contribution is 0.819. The minimum atomic E-state index is -0.989. The van der Waals surface area contributed by atoms with Crippen LogP contribution in [-0.4, -0.2) is 8.07 Å². The van der Waals surface area contributed by atoms with Gasteiger partial charge < -0.3 is 0 Å². The van der Waals surface area contributed by atoms with Crippen LogP contribution in [0.2, 0.25) is 25.2 Å². The molecule has 1 heteroatoms. The van der Waals surface area contributed by atoms with E-state index in [9.17, 15) is 0 Å². The smallest absolute Gasteiger partial charge is 0.0479 e. The molecular formula is C14H28Si. The van der Waals surface area contributed by atoms with Gasteiger partial charge in [0, 0.05) is 8.07 Å². The third-order valence-electron chi connectivity index (χ3n) is 2.87. The molecule has 0 atom stereocenters. The molecule has 0 unspecified atom stereocenters. The highest BCUT2D eigenvalue weighted by atomic mass is 28.3. The van der Waals surface area contributed by atoms with Gasteiger partial charge in [-0.25, -0.2) is 0 Å². The largest absolute Gasteiger partial charge is 0.0888 e. The maximum absolute atomic E-state index is 2.48. The molecule has 0 N–H and O–H groups in total. The van der Waals surface area contributed by atoms with Crippen molar-refractivity contribution in [3.8, 4) is 0 Å². The van der Waals surface area contributed by atoms with Crippen molar-refractivity contribution in [1.29, 1.82) is 0 Å². The summed E-state index contributed by atoms with van der Waals surface area (Å²) in [4.78, 5) is 0. The number of hydrogen-bond acceptors (Lipinski definition) is 0. The minimum Gasteiger partial charge on any atom is -0.0888 e. The fraction of sp³-hybridized carbons (Fsp3) is 0.714. The summed E-state index contributed by atoms with van der Waals surface area (Å²) in [6.07, 6.45) is 14.3. The Balaban J connectivity index is 4.19. The van der Waals surface area contributed by atoms with Crippen molar-refractivity contribution in [2.45, 2.75) is 64.7 Å². The Hall–Kier alpha value is -0.303. The number of hydrogen-bond donors (Lipinski definition) is 0. The zero-order chi connectivity index (χ0) is 11.7. The molecule has 0 aromatic heterocycles. The van der Waals surface area contributed by atoms with Gasteiger partial charge in [-0.1, -0.05) is 57.8 Å². The fourth-order valence-corrected chi connectivity index (χ4v) is 3.34. The summed E-state index contributed by atoms with van der Waals surface area (Å²) in [7, 11) is -0.989. The second kappa shape index (κ2) is 7.92. The van der Waals surface area contributed by atoms with E-state index in [1.807, 2.05) is 0 Å². The van der Waals surface area contributed by atoms with Crippen molar-refractivity contribution in [3.63, 3.8) is 0 Å². The summed E-state index contributed by atoms with van der Waals surface area (Å²) in [5.74, 6) is 0. The second-order valence-electron chi connectivity index (χ2n) is 5.29. The van der Waals surface area contributed by atoms with Crippen LogP contribution in [0.4, 0.5) is 0 Å². The predicted molar refractivity (Wildman–Crippen MR) is 75.2 cm³/mol. The molecule has 0 radical (unpaired) electrons. The zero-order valence-corrected chi connectivity index (χ0v) is 12.2. The van der Waals surface area contributed by atoms with Gasteiger partial charge in [0.25, 0.3) is 0 Å². The maximum atomic E-state index is 2.48. The van der Waals surface area contributed by atoms with E-state index in [2.05, 4.69) is 57.8 Å². The molecule has 0 spiro atoms. The Bertz CT molecular complexity index is 180. The Morgan fingerprint density at radius 1 is 0.800 bits per heavy atom. The minimum absolute atomic E-state index is 0.906. The van der Waals surface area contributed by atoms with Crippen LogP contribution in [0.3, 0.4) is 0 Å². The third kappa shape index (κ3) is 7.61. The van der Waals surface area contributed by atoms with Crippen molar-refractivity contribution < 1.29 is 0 Å². The van der Waals surface area contributed by atoms with E-state index in [1.165, 1.54) is 25.7 Å². The van der Waals surface area contributed by atoms with Crippen LogP contribution in [0.1, 0.15) is 39.5 Å². The monoisotopic (exact) mass is 224 g/mol. The molecule has 88 valence electrons. The first kappa shape index (κ1) is 14.7. The van der Waals surface area contributed by atoms with Crippen molar-refractivity contribution in [2.75, 3.05) is 0 Å². The fourth-order valence-electron chi connectivity index (χ4n) is 1.66. The molecule has 0 nitrogen and oxygen atoms in total. The van der Waals surface area contributed by atoms with Crippen molar-refractivity contribution in [2.24, 2.45) is 0 Å². The Morgan fingerprint density at radius 2 is 1.20 bits per heavy atom. The van der Waals surface area contributed by atoms with E-state index in [-0.39, 0.29) is 0 Å². The second-order valence-corrected chi connectivity index (χ2v) is 10.8. The van der Waals surface area contributed by atoms with Crippen molar-refractivity contribution in [1.82, 2.24) is 0 Å². The van der Waals surface area contributed by atoms with E-state index in [4.69, 9.17) is 0 Å². The molecule has 0 fully saturated rings. The highest BCUT2D eigenvalue weighted by molar-refractivity contribution is 6.77. The Labute approximate surface area is 97.5 Å². The quantitative estimate of drug-likeness (QED) is 0.401. The van der Waals surface area contributed by atoms with Gasteiger partial charge in [-0.2, -0.15) is 0 Å². The molecule has 0 aliphatic heterocycles. The lowest BCUT2D eigenvalue weighted by atomic mass is 10.2. The van der Waals surface area contributed by atoms with Gasteiger partial charge in [0.15, 0.2) is 0 Å². The molecule has 15 heavy (non-hydrogen) atoms. The SMILES string of the molecule is CC/C=C\CC(C/C=C\CC)[Si](C)(C)C. The molecule has 0 bridgehead atoms. The van der Waals surface area contributed by atoms with Gasteiger partial charge in [-0.3, -0.25) is 0 Å². The first-order chi connectivity index (χ1) is 7.02. The summed E-state index contributed by atoms with van der Waals surface area (Å²) >= 11 is 0. The van der Waals surface area contributed by atoms with E-state index < -0.39 is 8.07 Å². The van der Waals surface area contributed by atoms with Crippen molar-refractivity contribution >= 4 is 8.07 Å². The number of allylic oxidation sites excluding steroid dienone is 4. The Kier molecular flexibility index (Phi) is 7.76. The van der Waals surface area contributed by atoms with Crippen LogP contribution in [-0.2, 0) is 0 Å². The van der Waals surface area contributed by atoms with Gasteiger partial charge in [0.05, 0.1) is 0 Å². The maximum Gasteiger partial charge on any atom is 0.0479 e. The topological polar surface area (TPSA) is 0 Å². The zero-order valence-electron chi connectivity index (χ0n) is 11.2. The lowest BCUT2D eigenvalue weighted by Gasteiger charge is -2.27. The molecule has 0 amide bonds. The average molecular weight is 224 g/mol. The molecule has 0 saturated heterocycles. The molecule has 0 heterocycles. The molecule has 0 rings (SSSR count). The highest BCUT2D eigenvalue weighted by Crippen LogP contribution is 2.30. The summed E-state index contributed by atoms with van der Waals surface area (Å²) in [6.45, 7) is 11.9. The van der Waals surface area contributed by atoms with E-state index in [1.54, 1.807) is 0 Å². The summed E-state index contributed by atoms with van der Waals surface area (Å²) in [5.41, 5.74) is 0.906. The molecule has 0 saturated carbocycles. The Morgan fingerprint density at radius 3 is 1.47 bits per heavy atom. The van der Waals surface area contributed by atoms with Gasteiger partial charge >= 0.3 is 0 Å². The molecule has 0 aliphatic rings. The van der Waals surface area contributed by atoms with Gasteiger partial charge in [-0.05, 0) is 31.2 Å². The van der Waals surface area contributed by atoms with Crippen LogP contribution in [0.25, 0.3) is 0 Å². The summed E-state index contributed by atoms with van der Waals surface area (Å²) in [5, 5.41) is 0. The number of rotatable bonds is 7. The van der Waals surface area contributed by atoms with Gasteiger partial charge in [-0.15, -0.1) is 0 Å². The summed E-state index contributed by atoms with van der Waals surface area (Å²) in [6, 6.07) is 0. The van der Waals surface area contributed by atoms with E-state index >= 15 is 0 Å². The summed E-state index contributed by atoms with van der Waals surface area (Å²) < 4.78 is 0. The first-order valence-electron chi connectivity index (χ1n) is 6.32. The van der Waals surface area contributed by atoms with Crippen LogP contribution >= 0.6 is 0 Å². The first-order valence-corrected chi connectivity index (χ1v) is 9.90. The van der Waals surface area contributed by atoms with Crippen molar-refractivity contribution in [3.05, 3.63) is 24.3 Å². The van der Waals surface area contributed by atoms with Crippen LogP contribution in [0, 0.1) is 0 Å². The predicted octanol–water partition coefficient (Wildman–Crippen LogP) is 5.41.